The number of amides is 2. The van der Waals surface area contributed by atoms with Gasteiger partial charge in [-0.1, -0.05) is 20.8 Å². The highest BCUT2D eigenvalue weighted by Gasteiger charge is 2.42. The van der Waals surface area contributed by atoms with E-state index in [9.17, 15) is 14.4 Å². The van der Waals surface area contributed by atoms with E-state index in [0.717, 1.165) is 19.3 Å². The van der Waals surface area contributed by atoms with Crippen LogP contribution in [-0.2, 0) is 19.0 Å². The molecule has 0 aromatic carbocycles. The van der Waals surface area contributed by atoms with E-state index in [1.165, 1.54) is 14.2 Å². The summed E-state index contributed by atoms with van der Waals surface area (Å²) < 4.78 is 14.9. The van der Waals surface area contributed by atoms with E-state index in [0.29, 0.717) is 13.0 Å². The van der Waals surface area contributed by atoms with Crippen molar-refractivity contribution in [2.45, 2.75) is 59.5 Å². The Morgan fingerprint density at radius 3 is 2.41 bits per heavy atom. The molecule has 8 heteroatoms. The minimum atomic E-state index is -0.555. The summed E-state index contributed by atoms with van der Waals surface area (Å²) in [7, 11) is 2.81. The number of alkyl carbamates (subject to hydrolysis) is 2. The lowest BCUT2D eigenvalue weighted by Gasteiger charge is -2.46. The molecule has 8 nitrogen and oxygen atoms in total. The smallest absolute Gasteiger partial charge is 0.406 e. The zero-order chi connectivity index (χ0) is 20.7. The molecule has 1 fully saturated rings. The molecule has 2 N–H and O–H groups in total. The normalized spacial score (nSPS) is 25.0. The molecule has 2 amide bonds. The van der Waals surface area contributed by atoms with Crippen molar-refractivity contribution in [3.8, 4) is 0 Å². The first-order valence-electron chi connectivity index (χ1n) is 9.34. The maximum absolute atomic E-state index is 12.3. The van der Waals surface area contributed by atoms with E-state index in [1.807, 2.05) is 0 Å². The second-order valence-electron chi connectivity index (χ2n) is 8.62. The molecule has 3 atom stereocenters. The molecule has 27 heavy (non-hydrogen) atoms. The molecule has 0 aromatic heterocycles. The Hall–Kier alpha value is -1.99. The Bertz CT molecular complexity index is 536. The highest BCUT2D eigenvalue weighted by molar-refractivity contribution is 5.70. The average molecular weight is 386 g/mol. The highest BCUT2D eigenvalue weighted by Crippen LogP contribution is 2.49. The van der Waals surface area contributed by atoms with Crippen LogP contribution in [0.2, 0.25) is 0 Å². The number of esters is 1. The number of hydrogen-bond donors (Lipinski definition) is 2. The third-order valence-corrected chi connectivity index (χ3v) is 4.81. The van der Waals surface area contributed by atoms with Gasteiger partial charge in [-0.05, 0) is 42.9 Å². The second kappa shape index (κ2) is 9.80. The first kappa shape index (κ1) is 23.0. The Balaban J connectivity index is 2.58. The highest BCUT2D eigenvalue weighted by atomic mass is 16.6. The lowest BCUT2D eigenvalue weighted by Crippen LogP contribution is -2.44. The maximum Gasteiger partial charge on any atom is 0.406 e. The summed E-state index contributed by atoms with van der Waals surface area (Å²) in [5.74, 6) is -0.133. The van der Waals surface area contributed by atoms with E-state index in [2.05, 4.69) is 36.1 Å². The first-order valence-corrected chi connectivity index (χ1v) is 9.34. The molecule has 3 unspecified atom stereocenters. The number of ether oxygens (including phenoxy) is 3. The Morgan fingerprint density at radius 1 is 1.15 bits per heavy atom. The Morgan fingerprint density at radius 2 is 1.81 bits per heavy atom. The van der Waals surface area contributed by atoms with Gasteiger partial charge in [0.25, 0.3) is 0 Å². The van der Waals surface area contributed by atoms with Crippen LogP contribution in [0, 0.1) is 16.7 Å². The molecule has 1 saturated carbocycles. The maximum atomic E-state index is 12.3. The number of rotatable bonds is 7. The van der Waals surface area contributed by atoms with Crippen LogP contribution in [0.15, 0.2) is 0 Å². The summed E-state index contributed by atoms with van der Waals surface area (Å²) in [6.07, 6.45) is 1.49. The number of methoxy groups -OCH3 is 1. The van der Waals surface area contributed by atoms with E-state index < -0.39 is 18.3 Å². The molecule has 0 aromatic rings. The Kier molecular flexibility index (Phi) is 8.37. The number of nitrogens with one attached hydrogen (secondary N) is 2. The predicted molar refractivity (Wildman–Crippen MR) is 100 cm³/mol. The second-order valence-corrected chi connectivity index (χ2v) is 8.62. The van der Waals surface area contributed by atoms with Crippen molar-refractivity contribution >= 4 is 18.2 Å². The zero-order valence-corrected chi connectivity index (χ0v) is 17.3. The van der Waals surface area contributed by atoms with Gasteiger partial charge in [-0.15, -0.1) is 0 Å². The van der Waals surface area contributed by atoms with Gasteiger partial charge < -0.3 is 24.8 Å². The Labute approximate surface area is 161 Å². The fourth-order valence-corrected chi connectivity index (χ4v) is 4.29. The van der Waals surface area contributed by atoms with E-state index in [4.69, 9.17) is 9.47 Å². The standard InChI is InChI=1S/C19H34N2O6/c1-13(10-26-16(23)20-5)27-15(22)7-14-8-18(2,3)11-19(4,9-14)12-21-17(24)25-6/h13-14H,7-12H2,1-6H3,(H,20,23)(H,21,24). The van der Waals surface area contributed by atoms with Crippen LogP contribution >= 0.6 is 0 Å². The van der Waals surface area contributed by atoms with Crippen LogP contribution in [0.25, 0.3) is 0 Å². The molecular weight excluding hydrogens is 352 g/mol. The molecule has 0 heterocycles. The summed E-state index contributed by atoms with van der Waals surface area (Å²) in [4.78, 5) is 34.8. The molecule has 0 radical (unpaired) electrons. The monoisotopic (exact) mass is 386 g/mol. The zero-order valence-electron chi connectivity index (χ0n) is 17.3. The van der Waals surface area contributed by atoms with Crippen LogP contribution in [-0.4, -0.2) is 51.6 Å². The van der Waals surface area contributed by atoms with Crippen molar-refractivity contribution in [2.75, 3.05) is 27.3 Å². The van der Waals surface area contributed by atoms with Crippen molar-refractivity contribution in [1.29, 1.82) is 0 Å². The van der Waals surface area contributed by atoms with Crippen LogP contribution in [0.1, 0.15) is 53.4 Å². The lowest BCUT2D eigenvalue weighted by atomic mass is 9.60. The van der Waals surface area contributed by atoms with Crippen LogP contribution in [0.4, 0.5) is 9.59 Å². The summed E-state index contributed by atoms with van der Waals surface area (Å²) in [6, 6.07) is 0. The van der Waals surface area contributed by atoms with Crippen LogP contribution < -0.4 is 10.6 Å². The summed E-state index contributed by atoms with van der Waals surface area (Å²) in [5.41, 5.74) is -0.0570. The van der Waals surface area contributed by atoms with Gasteiger partial charge in [-0.3, -0.25) is 4.79 Å². The summed E-state index contributed by atoms with van der Waals surface area (Å²) in [5, 5.41) is 5.13. The molecule has 0 spiro atoms. The fraction of sp³-hybridized carbons (Fsp3) is 0.842. The molecule has 0 bridgehead atoms. The van der Waals surface area contributed by atoms with Crippen molar-refractivity contribution in [1.82, 2.24) is 10.6 Å². The van der Waals surface area contributed by atoms with Crippen LogP contribution in [0.3, 0.4) is 0 Å². The topological polar surface area (TPSA) is 103 Å². The van der Waals surface area contributed by atoms with E-state index in [1.54, 1.807) is 6.92 Å². The van der Waals surface area contributed by atoms with Gasteiger partial charge in [-0.25, -0.2) is 9.59 Å². The third kappa shape index (κ3) is 8.49. The van der Waals surface area contributed by atoms with Crippen molar-refractivity contribution in [2.24, 2.45) is 16.7 Å². The summed E-state index contributed by atoms with van der Waals surface area (Å²) in [6.45, 7) is 8.70. The minimum Gasteiger partial charge on any atom is -0.459 e. The quantitative estimate of drug-likeness (QED) is 0.515. The van der Waals surface area contributed by atoms with Gasteiger partial charge in [0.2, 0.25) is 0 Å². The van der Waals surface area contributed by atoms with Crippen molar-refractivity contribution in [3.63, 3.8) is 0 Å². The molecule has 1 aliphatic rings. The molecule has 156 valence electrons. The van der Waals surface area contributed by atoms with Gasteiger partial charge in [0.1, 0.15) is 12.7 Å². The fourth-order valence-electron chi connectivity index (χ4n) is 4.29. The molecule has 0 aliphatic heterocycles. The number of hydrogen-bond acceptors (Lipinski definition) is 6. The van der Waals surface area contributed by atoms with Gasteiger partial charge >= 0.3 is 18.2 Å². The molecule has 0 saturated heterocycles. The van der Waals surface area contributed by atoms with Crippen LogP contribution in [0.5, 0.6) is 0 Å². The minimum absolute atomic E-state index is 0.0162. The van der Waals surface area contributed by atoms with Gasteiger partial charge in [-0.2, -0.15) is 0 Å². The average Bonchev–Trinajstić information content (AvgIpc) is 2.55. The number of carbonyl (C=O) groups excluding carboxylic acids is 3. The van der Waals surface area contributed by atoms with Gasteiger partial charge in [0.15, 0.2) is 0 Å². The largest absolute Gasteiger partial charge is 0.459 e. The summed E-state index contributed by atoms with van der Waals surface area (Å²) >= 11 is 0. The van der Waals surface area contributed by atoms with Gasteiger partial charge in [0.05, 0.1) is 7.11 Å². The van der Waals surface area contributed by atoms with Crippen molar-refractivity contribution in [3.05, 3.63) is 0 Å². The van der Waals surface area contributed by atoms with Gasteiger partial charge in [0, 0.05) is 20.0 Å². The first-order chi connectivity index (χ1) is 12.5. The van der Waals surface area contributed by atoms with Crippen molar-refractivity contribution < 1.29 is 28.6 Å². The molecular formula is C19H34N2O6. The number of carbonyl (C=O) groups is 3. The van der Waals surface area contributed by atoms with E-state index >= 15 is 0 Å². The van der Waals surface area contributed by atoms with E-state index in [-0.39, 0.29) is 29.3 Å². The molecule has 1 rings (SSSR count). The SMILES string of the molecule is CNC(=O)OCC(C)OC(=O)CC1CC(C)(C)CC(C)(CNC(=O)OC)C1. The predicted octanol–water partition coefficient (Wildman–Crippen LogP) is 2.85. The lowest BCUT2D eigenvalue weighted by molar-refractivity contribution is -0.152. The molecule has 1 aliphatic carbocycles. The third-order valence-electron chi connectivity index (χ3n) is 4.81.